The first-order valence-electron chi connectivity index (χ1n) is 10.6. The quantitative estimate of drug-likeness (QED) is 0.573. The zero-order valence-electron chi connectivity index (χ0n) is 17.1. The third-order valence-corrected chi connectivity index (χ3v) is 6.70. The summed E-state index contributed by atoms with van der Waals surface area (Å²) in [5.41, 5.74) is 2.39. The highest BCUT2D eigenvalue weighted by Crippen LogP contribution is 2.29. The SMILES string of the molecule is CC.O=S(c1ccccc1)c1c[nH]c2cccc(CCCN3CCCCC3)c12. The van der Waals surface area contributed by atoms with Crippen LogP contribution in [0.3, 0.4) is 0 Å². The minimum atomic E-state index is -1.15. The summed E-state index contributed by atoms with van der Waals surface area (Å²) in [4.78, 5) is 7.66. The molecule has 1 saturated heterocycles. The number of benzene rings is 2. The lowest BCUT2D eigenvalue weighted by Gasteiger charge is -2.26. The molecule has 1 fully saturated rings. The number of aryl methyl sites for hydroxylation is 1. The fraction of sp³-hybridized carbons (Fsp3) is 0.417. The molecule has 2 heterocycles. The van der Waals surface area contributed by atoms with E-state index >= 15 is 0 Å². The van der Waals surface area contributed by atoms with E-state index < -0.39 is 10.8 Å². The maximum absolute atomic E-state index is 13.1. The van der Waals surface area contributed by atoms with Crippen molar-refractivity contribution in [2.45, 2.75) is 55.7 Å². The van der Waals surface area contributed by atoms with E-state index in [1.54, 1.807) is 0 Å². The maximum Gasteiger partial charge on any atom is 0.0871 e. The Morgan fingerprint density at radius 1 is 0.964 bits per heavy atom. The number of H-pyrrole nitrogens is 1. The van der Waals surface area contributed by atoms with Gasteiger partial charge in [0.1, 0.15) is 0 Å². The number of nitrogens with one attached hydrogen (secondary N) is 1. The molecular weight excluding hydrogens is 364 g/mol. The van der Waals surface area contributed by atoms with Gasteiger partial charge in [0, 0.05) is 22.0 Å². The Morgan fingerprint density at radius 2 is 1.71 bits per heavy atom. The van der Waals surface area contributed by atoms with Crippen molar-refractivity contribution in [3.05, 3.63) is 60.3 Å². The minimum Gasteiger partial charge on any atom is -0.360 e. The summed E-state index contributed by atoms with van der Waals surface area (Å²) >= 11 is 0. The Morgan fingerprint density at radius 3 is 2.46 bits per heavy atom. The summed E-state index contributed by atoms with van der Waals surface area (Å²) < 4.78 is 13.1. The van der Waals surface area contributed by atoms with Gasteiger partial charge in [-0.15, -0.1) is 0 Å². The average molecular weight is 397 g/mol. The van der Waals surface area contributed by atoms with Gasteiger partial charge in [0.25, 0.3) is 0 Å². The van der Waals surface area contributed by atoms with Crippen molar-refractivity contribution >= 4 is 21.7 Å². The number of piperidine rings is 1. The van der Waals surface area contributed by atoms with E-state index in [4.69, 9.17) is 0 Å². The van der Waals surface area contributed by atoms with Gasteiger partial charge in [0.2, 0.25) is 0 Å². The Kier molecular flexibility index (Phi) is 7.87. The number of rotatable bonds is 6. The lowest BCUT2D eigenvalue weighted by atomic mass is 10.0. The highest BCUT2D eigenvalue weighted by Gasteiger charge is 2.16. The van der Waals surface area contributed by atoms with Crippen molar-refractivity contribution in [3.63, 3.8) is 0 Å². The van der Waals surface area contributed by atoms with Crippen molar-refractivity contribution in [2.24, 2.45) is 0 Å². The van der Waals surface area contributed by atoms with E-state index in [1.165, 1.54) is 37.9 Å². The van der Waals surface area contributed by atoms with Crippen LogP contribution in [0.25, 0.3) is 10.9 Å². The van der Waals surface area contributed by atoms with Crippen LogP contribution in [0.5, 0.6) is 0 Å². The van der Waals surface area contributed by atoms with E-state index in [0.717, 1.165) is 40.1 Å². The molecule has 0 saturated carbocycles. The summed E-state index contributed by atoms with van der Waals surface area (Å²) in [6, 6.07) is 16.1. The van der Waals surface area contributed by atoms with E-state index in [-0.39, 0.29) is 0 Å². The lowest BCUT2D eigenvalue weighted by molar-refractivity contribution is 0.226. The zero-order chi connectivity index (χ0) is 19.8. The molecule has 4 heteroatoms. The third-order valence-electron chi connectivity index (χ3n) is 5.28. The number of nitrogens with zero attached hydrogens (tertiary/aromatic N) is 1. The van der Waals surface area contributed by atoms with Crippen LogP contribution in [-0.4, -0.2) is 33.7 Å². The van der Waals surface area contributed by atoms with E-state index in [1.807, 2.05) is 50.4 Å². The van der Waals surface area contributed by atoms with Gasteiger partial charge in [-0.3, -0.25) is 0 Å². The second-order valence-corrected chi connectivity index (χ2v) is 8.53. The first-order chi connectivity index (χ1) is 13.8. The van der Waals surface area contributed by atoms with Gasteiger partial charge in [-0.1, -0.05) is 50.6 Å². The molecule has 28 heavy (non-hydrogen) atoms. The summed E-state index contributed by atoms with van der Waals surface area (Å²) in [6.07, 6.45) is 8.17. The third kappa shape index (κ3) is 4.92. The highest BCUT2D eigenvalue weighted by molar-refractivity contribution is 7.85. The molecule has 4 rings (SSSR count). The van der Waals surface area contributed by atoms with Gasteiger partial charge in [-0.25, -0.2) is 4.21 Å². The molecule has 1 N–H and O–H groups in total. The topological polar surface area (TPSA) is 36.1 Å². The summed E-state index contributed by atoms with van der Waals surface area (Å²) in [6.45, 7) is 7.66. The molecule has 1 aliphatic heterocycles. The molecule has 0 bridgehead atoms. The molecule has 1 unspecified atom stereocenters. The first-order valence-corrected chi connectivity index (χ1v) is 11.8. The number of aromatic nitrogens is 1. The van der Waals surface area contributed by atoms with E-state index in [2.05, 4.69) is 28.1 Å². The maximum atomic E-state index is 13.1. The van der Waals surface area contributed by atoms with Gasteiger partial charge in [-0.05, 0) is 69.1 Å². The predicted octanol–water partition coefficient (Wildman–Crippen LogP) is 5.78. The molecule has 0 spiro atoms. The number of likely N-dealkylation sites (tertiary alicyclic amines) is 1. The molecule has 1 atom stereocenters. The van der Waals surface area contributed by atoms with Crippen LogP contribution >= 0.6 is 0 Å². The Hall–Kier alpha value is -1.91. The number of aromatic amines is 1. The van der Waals surface area contributed by atoms with Crippen LogP contribution in [0.1, 0.15) is 45.1 Å². The highest BCUT2D eigenvalue weighted by atomic mass is 32.2. The standard InChI is InChI=1S/C22H26N2OS.C2H6/c25-26(19-11-3-1-4-12-19)21-17-23-20-13-7-9-18(22(20)21)10-8-16-24-14-5-2-6-15-24;1-2/h1,3-4,7,9,11-13,17,23H,2,5-6,8,10,14-16H2;1-2H3. The Balaban J connectivity index is 0.00000109. The molecule has 1 aliphatic rings. The summed E-state index contributed by atoms with van der Waals surface area (Å²) in [5, 5.41) is 1.15. The van der Waals surface area contributed by atoms with E-state index in [9.17, 15) is 4.21 Å². The van der Waals surface area contributed by atoms with Crippen molar-refractivity contribution < 1.29 is 4.21 Å². The molecule has 0 radical (unpaired) electrons. The second kappa shape index (κ2) is 10.6. The smallest absolute Gasteiger partial charge is 0.0871 e. The van der Waals surface area contributed by atoms with Crippen LogP contribution in [0.4, 0.5) is 0 Å². The molecule has 3 nitrogen and oxygen atoms in total. The first kappa shape index (κ1) is 20.8. The second-order valence-electron chi connectivity index (χ2n) is 7.08. The fourth-order valence-electron chi connectivity index (χ4n) is 3.93. The number of hydrogen-bond acceptors (Lipinski definition) is 2. The predicted molar refractivity (Wildman–Crippen MR) is 119 cm³/mol. The summed E-state index contributed by atoms with van der Waals surface area (Å²) in [7, 11) is -1.15. The molecule has 2 aromatic carbocycles. The Bertz CT molecular complexity index is 882. The van der Waals surface area contributed by atoms with Gasteiger partial charge >= 0.3 is 0 Å². The zero-order valence-corrected chi connectivity index (χ0v) is 17.9. The van der Waals surface area contributed by atoms with Crippen molar-refractivity contribution in [3.8, 4) is 0 Å². The van der Waals surface area contributed by atoms with Crippen LogP contribution in [-0.2, 0) is 17.2 Å². The van der Waals surface area contributed by atoms with E-state index in [0.29, 0.717) is 0 Å². The lowest BCUT2D eigenvalue weighted by Crippen LogP contribution is -2.30. The van der Waals surface area contributed by atoms with Crippen LogP contribution in [0.15, 0.2) is 64.5 Å². The van der Waals surface area contributed by atoms with Gasteiger partial charge < -0.3 is 9.88 Å². The molecule has 3 aromatic rings. The molecule has 0 amide bonds. The monoisotopic (exact) mass is 396 g/mol. The van der Waals surface area contributed by atoms with Crippen LogP contribution in [0, 0.1) is 0 Å². The fourth-order valence-corrected chi connectivity index (χ4v) is 5.18. The molecule has 0 aliphatic carbocycles. The Labute approximate surface area is 171 Å². The minimum absolute atomic E-state index is 0.858. The molecule has 1 aromatic heterocycles. The van der Waals surface area contributed by atoms with Crippen molar-refractivity contribution in [1.29, 1.82) is 0 Å². The van der Waals surface area contributed by atoms with Crippen molar-refractivity contribution in [1.82, 2.24) is 9.88 Å². The largest absolute Gasteiger partial charge is 0.360 e. The normalized spacial score (nSPS) is 15.8. The van der Waals surface area contributed by atoms with Gasteiger partial charge in [0.05, 0.1) is 15.7 Å². The van der Waals surface area contributed by atoms with Gasteiger partial charge in [-0.2, -0.15) is 0 Å². The number of fused-ring (bicyclic) bond motifs is 1. The molecule has 150 valence electrons. The van der Waals surface area contributed by atoms with Crippen LogP contribution in [0.2, 0.25) is 0 Å². The van der Waals surface area contributed by atoms with Gasteiger partial charge in [0.15, 0.2) is 0 Å². The molecular formula is C24H32N2OS. The van der Waals surface area contributed by atoms with Crippen molar-refractivity contribution in [2.75, 3.05) is 19.6 Å². The number of hydrogen-bond donors (Lipinski definition) is 1. The van der Waals surface area contributed by atoms with Crippen LogP contribution < -0.4 is 0 Å². The summed E-state index contributed by atoms with van der Waals surface area (Å²) in [5.74, 6) is 0. The average Bonchev–Trinajstić information content (AvgIpc) is 3.21.